The van der Waals surface area contributed by atoms with Gasteiger partial charge in [-0.05, 0) is 18.2 Å². The zero-order valence-corrected chi connectivity index (χ0v) is 19.7. The van der Waals surface area contributed by atoms with Crippen molar-refractivity contribution in [1.29, 1.82) is 0 Å². The molecule has 3 aromatic heterocycles. The Morgan fingerprint density at radius 1 is 1.12 bits per heavy atom. The van der Waals surface area contributed by atoms with E-state index in [-0.39, 0.29) is 17.3 Å². The highest BCUT2D eigenvalue weighted by Crippen LogP contribution is 2.26. The molecule has 0 atom stereocenters. The number of benzene rings is 1. The topological polar surface area (TPSA) is 97.1 Å². The first kappa shape index (κ1) is 22.7. The summed E-state index contributed by atoms with van der Waals surface area (Å²) in [6, 6.07) is 9.42. The van der Waals surface area contributed by atoms with Gasteiger partial charge in [0.2, 0.25) is 0 Å². The largest absolute Gasteiger partial charge is 0.367 e. The molecule has 1 fully saturated rings. The number of nitrogens with one attached hydrogen (secondary N) is 2. The minimum Gasteiger partial charge on any atom is -0.367 e. The fourth-order valence-corrected chi connectivity index (χ4v) is 4.61. The lowest BCUT2D eigenvalue weighted by Crippen LogP contribution is -2.43. The third kappa shape index (κ3) is 4.39. The second-order valence-electron chi connectivity index (χ2n) is 7.27. The molecule has 2 N–H and O–H groups in total. The maximum absolute atomic E-state index is 12.9. The van der Waals surface area contributed by atoms with Crippen LogP contribution in [0.25, 0.3) is 16.2 Å². The molecule has 5 rings (SSSR count). The molecule has 0 radical (unpaired) electrons. The number of amides is 1. The van der Waals surface area contributed by atoms with Gasteiger partial charge in [-0.15, -0.1) is 11.3 Å². The van der Waals surface area contributed by atoms with Crippen LogP contribution in [-0.2, 0) is 7.05 Å². The summed E-state index contributed by atoms with van der Waals surface area (Å²) >= 11 is 1.26. The standard InChI is InChI=1S/C21H21N7O2S.C2H6/c1-26-17-4-2-3-5-18(17)28(21(26)30)20-25-15(13-31-20)19(29)24-14-12-23-7-6-16(14)27-10-8-22-9-11-27;1-2/h2-7,12-13,22H,8-11H2,1H3,(H,24,29);1-2H3. The summed E-state index contributed by atoms with van der Waals surface area (Å²) < 4.78 is 3.11. The number of hydrogen-bond acceptors (Lipinski definition) is 7. The Kier molecular flexibility index (Phi) is 6.85. The number of carbonyl (C=O) groups is 1. The number of nitrogens with zero attached hydrogens (tertiary/aromatic N) is 5. The summed E-state index contributed by atoms with van der Waals surface area (Å²) in [6.45, 7) is 7.51. The molecule has 1 aliphatic heterocycles. The highest BCUT2D eigenvalue weighted by atomic mass is 32.1. The van der Waals surface area contributed by atoms with Crippen molar-refractivity contribution >= 4 is 39.7 Å². The van der Waals surface area contributed by atoms with Gasteiger partial charge in [-0.1, -0.05) is 26.0 Å². The molecule has 0 bridgehead atoms. The van der Waals surface area contributed by atoms with Crippen LogP contribution < -0.4 is 21.2 Å². The van der Waals surface area contributed by atoms with E-state index in [1.54, 1.807) is 29.4 Å². The van der Waals surface area contributed by atoms with E-state index in [0.29, 0.717) is 10.8 Å². The normalized spacial score (nSPS) is 13.5. The molecule has 33 heavy (non-hydrogen) atoms. The van der Waals surface area contributed by atoms with Crippen molar-refractivity contribution < 1.29 is 4.79 Å². The number of pyridine rings is 1. The third-order valence-corrected chi connectivity index (χ3v) is 6.21. The van der Waals surface area contributed by atoms with E-state index in [0.717, 1.165) is 42.9 Å². The van der Waals surface area contributed by atoms with Crippen LogP contribution in [-0.4, -0.2) is 51.2 Å². The number of aryl methyl sites for hydroxylation is 1. The molecule has 0 saturated carbocycles. The monoisotopic (exact) mass is 465 g/mol. The molecule has 9 nitrogen and oxygen atoms in total. The fourth-order valence-electron chi connectivity index (χ4n) is 3.80. The summed E-state index contributed by atoms with van der Waals surface area (Å²) in [5.74, 6) is -0.333. The van der Waals surface area contributed by atoms with E-state index in [2.05, 4.69) is 25.5 Å². The lowest BCUT2D eigenvalue weighted by molar-refractivity contribution is 0.102. The van der Waals surface area contributed by atoms with Crippen molar-refractivity contribution in [3.63, 3.8) is 0 Å². The SMILES string of the molecule is CC.Cn1c(=O)n(-c2nc(C(=O)Nc3cnccc3N3CCNCC3)cs2)c2ccccc21. The van der Waals surface area contributed by atoms with Crippen molar-refractivity contribution in [2.75, 3.05) is 36.4 Å². The van der Waals surface area contributed by atoms with Crippen molar-refractivity contribution in [3.05, 3.63) is 64.3 Å². The molecular formula is C23H27N7O2S. The molecule has 1 aliphatic rings. The van der Waals surface area contributed by atoms with Gasteiger partial charge in [0, 0.05) is 44.8 Å². The second-order valence-corrected chi connectivity index (χ2v) is 8.10. The smallest absolute Gasteiger partial charge is 0.335 e. The Morgan fingerprint density at radius 3 is 2.61 bits per heavy atom. The van der Waals surface area contributed by atoms with Gasteiger partial charge in [0.15, 0.2) is 5.13 Å². The quantitative estimate of drug-likeness (QED) is 0.481. The molecule has 1 aromatic carbocycles. The molecule has 172 valence electrons. The number of piperazine rings is 1. The lowest BCUT2D eigenvalue weighted by atomic mass is 10.2. The number of hydrogen-bond donors (Lipinski definition) is 2. The predicted molar refractivity (Wildman–Crippen MR) is 133 cm³/mol. The van der Waals surface area contributed by atoms with Crippen LogP contribution in [0.1, 0.15) is 24.3 Å². The van der Waals surface area contributed by atoms with Crippen molar-refractivity contribution in [2.45, 2.75) is 13.8 Å². The van der Waals surface area contributed by atoms with E-state index in [9.17, 15) is 9.59 Å². The molecule has 4 heterocycles. The van der Waals surface area contributed by atoms with E-state index in [4.69, 9.17) is 0 Å². The van der Waals surface area contributed by atoms with Gasteiger partial charge in [0.05, 0.1) is 28.6 Å². The van der Waals surface area contributed by atoms with Crippen LogP contribution in [0.4, 0.5) is 11.4 Å². The van der Waals surface area contributed by atoms with Crippen molar-refractivity contribution in [1.82, 2.24) is 24.4 Å². The van der Waals surface area contributed by atoms with Gasteiger partial charge < -0.3 is 15.5 Å². The second kappa shape index (κ2) is 9.97. The average Bonchev–Trinajstić information content (AvgIpc) is 3.45. The number of thiazole rings is 1. The van der Waals surface area contributed by atoms with Gasteiger partial charge in [0.1, 0.15) is 5.69 Å². The Labute approximate surface area is 195 Å². The number of fused-ring (bicyclic) bond motifs is 1. The molecule has 1 amide bonds. The van der Waals surface area contributed by atoms with Crippen LogP contribution in [0.2, 0.25) is 0 Å². The van der Waals surface area contributed by atoms with Gasteiger partial charge in [-0.3, -0.25) is 14.3 Å². The highest BCUT2D eigenvalue weighted by Gasteiger charge is 2.20. The Morgan fingerprint density at radius 2 is 1.85 bits per heavy atom. The fraction of sp³-hybridized carbons (Fsp3) is 0.304. The zero-order chi connectivity index (χ0) is 23.4. The van der Waals surface area contributed by atoms with Crippen LogP contribution in [0.5, 0.6) is 0 Å². The minimum atomic E-state index is -0.333. The number of rotatable bonds is 4. The first-order chi connectivity index (χ1) is 16.1. The summed E-state index contributed by atoms with van der Waals surface area (Å²) in [7, 11) is 1.72. The molecule has 0 aliphatic carbocycles. The van der Waals surface area contributed by atoms with Crippen LogP contribution >= 0.6 is 11.3 Å². The first-order valence-corrected chi connectivity index (χ1v) is 11.8. The minimum absolute atomic E-state index is 0.198. The maximum atomic E-state index is 12.9. The maximum Gasteiger partial charge on any atom is 0.335 e. The first-order valence-electron chi connectivity index (χ1n) is 11.0. The number of imidazole rings is 1. The Bertz CT molecular complexity index is 1320. The molecule has 1 saturated heterocycles. The third-order valence-electron chi connectivity index (χ3n) is 5.38. The molecule has 0 spiro atoms. The van der Waals surface area contributed by atoms with E-state index in [1.807, 2.05) is 44.2 Å². The van der Waals surface area contributed by atoms with Crippen LogP contribution in [0.3, 0.4) is 0 Å². The van der Waals surface area contributed by atoms with Gasteiger partial charge in [-0.25, -0.2) is 14.3 Å². The number of anilines is 2. The van der Waals surface area contributed by atoms with Crippen molar-refractivity contribution in [3.8, 4) is 5.13 Å². The summed E-state index contributed by atoms with van der Waals surface area (Å²) in [6.07, 6.45) is 3.37. The number of aromatic nitrogens is 4. The summed E-state index contributed by atoms with van der Waals surface area (Å²) in [5.41, 5.74) is 3.21. The van der Waals surface area contributed by atoms with Gasteiger partial charge in [-0.2, -0.15) is 0 Å². The molecular weight excluding hydrogens is 438 g/mol. The van der Waals surface area contributed by atoms with E-state index in [1.165, 1.54) is 15.9 Å². The number of carbonyl (C=O) groups excluding carboxylic acids is 1. The Balaban J connectivity index is 0.00000126. The van der Waals surface area contributed by atoms with E-state index >= 15 is 0 Å². The molecule has 4 aromatic rings. The van der Waals surface area contributed by atoms with Crippen LogP contribution in [0, 0.1) is 0 Å². The van der Waals surface area contributed by atoms with Gasteiger partial charge >= 0.3 is 5.69 Å². The Hall–Kier alpha value is -3.50. The van der Waals surface area contributed by atoms with Gasteiger partial charge in [0.25, 0.3) is 5.91 Å². The van der Waals surface area contributed by atoms with Crippen LogP contribution in [0.15, 0.2) is 52.9 Å². The molecule has 0 unspecified atom stereocenters. The predicted octanol–water partition coefficient (Wildman–Crippen LogP) is 2.87. The summed E-state index contributed by atoms with van der Waals surface area (Å²) in [4.78, 5) is 36.5. The van der Waals surface area contributed by atoms with E-state index < -0.39 is 0 Å². The van der Waals surface area contributed by atoms with Crippen molar-refractivity contribution in [2.24, 2.45) is 7.05 Å². The number of para-hydroxylation sites is 2. The molecule has 10 heteroatoms. The highest BCUT2D eigenvalue weighted by molar-refractivity contribution is 7.12. The lowest BCUT2D eigenvalue weighted by Gasteiger charge is -2.30. The average molecular weight is 466 g/mol. The summed E-state index contributed by atoms with van der Waals surface area (Å²) in [5, 5.41) is 8.38. The zero-order valence-electron chi connectivity index (χ0n) is 18.9.